The van der Waals surface area contributed by atoms with Gasteiger partial charge in [-0.1, -0.05) is 6.07 Å². The quantitative estimate of drug-likeness (QED) is 0.846. The molecule has 0 aromatic carbocycles. The summed E-state index contributed by atoms with van der Waals surface area (Å²) in [7, 11) is 1.93. The predicted octanol–water partition coefficient (Wildman–Crippen LogP) is 2.47. The average molecular weight is 256 g/mol. The lowest BCUT2D eigenvalue weighted by Gasteiger charge is -2.20. The SMILES string of the molecule is CC1CCCN1Cc1ccc(-c2cnn(C)c2)cn1. The second-order valence-electron chi connectivity index (χ2n) is 5.40. The van der Waals surface area contributed by atoms with Crippen LogP contribution in [0.2, 0.25) is 0 Å². The van der Waals surface area contributed by atoms with Crippen LogP contribution in [0.1, 0.15) is 25.5 Å². The smallest absolute Gasteiger partial charge is 0.0568 e. The molecule has 3 heterocycles. The molecule has 0 aliphatic carbocycles. The van der Waals surface area contributed by atoms with Crippen LogP contribution in [0.15, 0.2) is 30.7 Å². The molecule has 1 atom stereocenters. The molecule has 2 aromatic heterocycles. The first-order chi connectivity index (χ1) is 9.22. The fourth-order valence-corrected chi connectivity index (χ4v) is 2.69. The second kappa shape index (κ2) is 5.13. The monoisotopic (exact) mass is 256 g/mol. The molecule has 0 amide bonds. The van der Waals surface area contributed by atoms with Gasteiger partial charge in [-0.25, -0.2) is 0 Å². The normalized spacial score (nSPS) is 20.0. The first-order valence-electron chi connectivity index (χ1n) is 6.90. The maximum absolute atomic E-state index is 4.58. The molecule has 0 radical (unpaired) electrons. The van der Waals surface area contributed by atoms with Gasteiger partial charge in [-0.3, -0.25) is 14.6 Å². The third-order valence-electron chi connectivity index (χ3n) is 3.92. The number of hydrogen-bond donors (Lipinski definition) is 0. The van der Waals surface area contributed by atoms with Crippen molar-refractivity contribution >= 4 is 0 Å². The van der Waals surface area contributed by atoms with Gasteiger partial charge in [-0.05, 0) is 32.4 Å². The lowest BCUT2D eigenvalue weighted by molar-refractivity contribution is 0.257. The molecular formula is C15H20N4. The Morgan fingerprint density at radius 2 is 2.16 bits per heavy atom. The van der Waals surface area contributed by atoms with Crippen molar-refractivity contribution in [2.45, 2.75) is 32.4 Å². The van der Waals surface area contributed by atoms with Gasteiger partial charge in [0.05, 0.1) is 11.9 Å². The summed E-state index contributed by atoms with van der Waals surface area (Å²) in [5.41, 5.74) is 3.41. The minimum absolute atomic E-state index is 0.694. The van der Waals surface area contributed by atoms with Crippen LogP contribution in [0.4, 0.5) is 0 Å². The molecule has 4 heteroatoms. The Kier molecular flexibility index (Phi) is 3.34. The van der Waals surface area contributed by atoms with Crippen molar-refractivity contribution in [3.05, 3.63) is 36.4 Å². The van der Waals surface area contributed by atoms with Crippen molar-refractivity contribution < 1.29 is 0 Å². The van der Waals surface area contributed by atoms with E-state index in [9.17, 15) is 0 Å². The number of pyridine rings is 1. The molecular weight excluding hydrogens is 236 g/mol. The number of aryl methyl sites for hydroxylation is 1. The Morgan fingerprint density at radius 3 is 2.74 bits per heavy atom. The van der Waals surface area contributed by atoms with E-state index in [4.69, 9.17) is 0 Å². The minimum atomic E-state index is 0.694. The summed E-state index contributed by atoms with van der Waals surface area (Å²) in [5, 5.41) is 4.19. The van der Waals surface area contributed by atoms with E-state index >= 15 is 0 Å². The van der Waals surface area contributed by atoms with Crippen LogP contribution in [0.3, 0.4) is 0 Å². The zero-order valence-corrected chi connectivity index (χ0v) is 11.6. The van der Waals surface area contributed by atoms with Gasteiger partial charge in [0.1, 0.15) is 0 Å². The zero-order chi connectivity index (χ0) is 13.2. The number of nitrogens with zero attached hydrogens (tertiary/aromatic N) is 4. The van der Waals surface area contributed by atoms with Gasteiger partial charge in [0.2, 0.25) is 0 Å². The second-order valence-corrected chi connectivity index (χ2v) is 5.40. The molecule has 1 aliphatic heterocycles. The van der Waals surface area contributed by atoms with Gasteiger partial charge in [-0.2, -0.15) is 5.10 Å². The summed E-state index contributed by atoms with van der Waals surface area (Å²) in [4.78, 5) is 7.09. The number of aromatic nitrogens is 3. The molecule has 0 N–H and O–H groups in total. The molecule has 4 nitrogen and oxygen atoms in total. The molecule has 1 aliphatic rings. The topological polar surface area (TPSA) is 34.0 Å². The van der Waals surface area contributed by atoms with Crippen molar-refractivity contribution in [1.82, 2.24) is 19.7 Å². The standard InChI is InChI=1S/C15H20N4/c1-12-4-3-7-19(12)11-15-6-5-13(8-16-15)14-9-17-18(2)10-14/h5-6,8-10,12H,3-4,7,11H2,1-2H3. The Labute approximate surface area is 114 Å². The lowest BCUT2D eigenvalue weighted by atomic mass is 10.1. The van der Waals surface area contributed by atoms with Crippen LogP contribution < -0.4 is 0 Å². The molecule has 1 unspecified atom stereocenters. The first kappa shape index (κ1) is 12.4. The van der Waals surface area contributed by atoms with Crippen molar-refractivity contribution in [2.75, 3.05) is 6.54 Å². The van der Waals surface area contributed by atoms with E-state index in [2.05, 4.69) is 34.0 Å². The van der Waals surface area contributed by atoms with Crippen molar-refractivity contribution in [3.63, 3.8) is 0 Å². The van der Waals surface area contributed by atoms with Crippen LogP contribution >= 0.6 is 0 Å². The number of hydrogen-bond acceptors (Lipinski definition) is 3. The summed E-state index contributed by atoms with van der Waals surface area (Å²) >= 11 is 0. The summed E-state index contributed by atoms with van der Waals surface area (Å²) in [5.74, 6) is 0. The maximum atomic E-state index is 4.58. The highest BCUT2D eigenvalue weighted by Crippen LogP contribution is 2.21. The minimum Gasteiger partial charge on any atom is -0.295 e. The molecule has 3 rings (SSSR count). The van der Waals surface area contributed by atoms with Gasteiger partial charge >= 0.3 is 0 Å². The van der Waals surface area contributed by atoms with E-state index in [0.717, 1.165) is 23.4 Å². The van der Waals surface area contributed by atoms with Crippen LogP contribution in [0, 0.1) is 0 Å². The largest absolute Gasteiger partial charge is 0.295 e. The van der Waals surface area contributed by atoms with Crippen LogP contribution in [-0.4, -0.2) is 32.3 Å². The molecule has 0 spiro atoms. The Morgan fingerprint density at radius 1 is 1.26 bits per heavy atom. The van der Waals surface area contributed by atoms with E-state index < -0.39 is 0 Å². The first-order valence-corrected chi connectivity index (χ1v) is 6.90. The van der Waals surface area contributed by atoms with E-state index in [-0.39, 0.29) is 0 Å². The number of rotatable bonds is 3. The van der Waals surface area contributed by atoms with Gasteiger partial charge < -0.3 is 0 Å². The van der Waals surface area contributed by atoms with Gasteiger partial charge in [0.25, 0.3) is 0 Å². The van der Waals surface area contributed by atoms with E-state index in [1.807, 2.05) is 30.3 Å². The van der Waals surface area contributed by atoms with Crippen LogP contribution in [-0.2, 0) is 13.6 Å². The van der Waals surface area contributed by atoms with Gasteiger partial charge in [-0.15, -0.1) is 0 Å². The molecule has 19 heavy (non-hydrogen) atoms. The fourth-order valence-electron chi connectivity index (χ4n) is 2.69. The Balaban J connectivity index is 1.72. The third-order valence-corrected chi connectivity index (χ3v) is 3.92. The summed E-state index contributed by atoms with van der Waals surface area (Å²) < 4.78 is 1.81. The number of likely N-dealkylation sites (tertiary alicyclic amines) is 1. The Bertz CT molecular complexity index is 544. The van der Waals surface area contributed by atoms with Gasteiger partial charge in [0.15, 0.2) is 0 Å². The van der Waals surface area contributed by atoms with Crippen molar-refractivity contribution in [1.29, 1.82) is 0 Å². The van der Waals surface area contributed by atoms with Crippen molar-refractivity contribution in [2.24, 2.45) is 7.05 Å². The zero-order valence-electron chi connectivity index (χ0n) is 11.6. The van der Waals surface area contributed by atoms with Crippen LogP contribution in [0.25, 0.3) is 11.1 Å². The molecule has 0 bridgehead atoms. The Hall–Kier alpha value is -1.68. The summed E-state index contributed by atoms with van der Waals surface area (Å²) in [6.45, 7) is 4.47. The van der Waals surface area contributed by atoms with Crippen LogP contribution in [0.5, 0.6) is 0 Å². The molecule has 0 saturated carbocycles. The van der Waals surface area contributed by atoms with E-state index in [1.165, 1.54) is 19.4 Å². The molecule has 1 fully saturated rings. The summed E-state index contributed by atoms with van der Waals surface area (Å²) in [6.07, 6.45) is 8.47. The molecule has 100 valence electrons. The lowest BCUT2D eigenvalue weighted by Crippen LogP contribution is -2.26. The third kappa shape index (κ3) is 2.68. The van der Waals surface area contributed by atoms with Gasteiger partial charge in [0, 0.05) is 43.2 Å². The highest BCUT2D eigenvalue weighted by Gasteiger charge is 2.20. The molecule has 1 saturated heterocycles. The fraction of sp³-hybridized carbons (Fsp3) is 0.467. The average Bonchev–Trinajstić information content (AvgIpc) is 3.00. The summed E-state index contributed by atoms with van der Waals surface area (Å²) in [6, 6.07) is 4.97. The van der Waals surface area contributed by atoms with E-state index in [1.54, 1.807) is 0 Å². The predicted molar refractivity (Wildman–Crippen MR) is 75.5 cm³/mol. The highest BCUT2D eigenvalue weighted by atomic mass is 15.2. The maximum Gasteiger partial charge on any atom is 0.0568 e. The molecule has 2 aromatic rings. The highest BCUT2D eigenvalue weighted by molar-refractivity contribution is 5.60. The van der Waals surface area contributed by atoms with E-state index in [0.29, 0.717) is 6.04 Å². The van der Waals surface area contributed by atoms with Crippen molar-refractivity contribution in [3.8, 4) is 11.1 Å².